The summed E-state index contributed by atoms with van der Waals surface area (Å²) in [7, 11) is 0. The second kappa shape index (κ2) is 4.72. The average Bonchev–Trinajstić information content (AvgIpc) is 2.58. The summed E-state index contributed by atoms with van der Waals surface area (Å²) < 4.78 is 13.9. The smallest absolute Gasteiger partial charge is 0.192 e. The van der Waals surface area contributed by atoms with Crippen LogP contribution in [0.4, 0.5) is 4.39 Å². The van der Waals surface area contributed by atoms with Crippen molar-refractivity contribution in [2.45, 2.75) is 12.5 Å². The molecule has 0 fully saturated rings. The van der Waals surface area contributed by atoms with Crippen LogP contribution in [-0.2, 0) is 5.54 Å². The van der Waals surface area contributed by atoms with Crippen LogP contribution in [0.25, 0.3) is 0 Å². The van der Waals surface area contributed by atoms with E-state index in [4.69, 9.17) is 5.73 Å². The first-order chi connectivity index (χ1) is 8.49. The molecule has 0 saturated heterocycles. The highest BCUT2D eigenvalue weighted by Crippen LogP contribution is 2.36. The molecule has 0 radical (unpaired) electrons. The van der Waals surface area contributed by atoms with Crippen LogP contribution in [0.1, 0.15) is 12.5 Å². The van der Waals surface area contributed by atoms with Gasteiger partial charge in [0, 0.05) is 11.0 Å². The predicted octanol–water partition coefficient (Wildman–Crippen LogP) is 2.62. The molecular formula is C13H15BrFN3. The van der Waals surface area contributed by atoms with Gasteiger partial charge in [0.25, 0.3) is 0 Å². The standard InChI is InChI=1S/C13H15BrFN3/c1-3-6-18-12(16)17-8-13(18,2)10-5-4-9(15)7-11(10)14/h3-5,7H,1,6,8H2,2H3,(H2,16,17). The fraction of sp³-hybridized carbons (Fsp3) is 0.308. The van der Waals surface area contributed by atoms with Gasteiger partial charge in [-0.25, -0.2) is 4.39 Å². The Morgan fingerprint density at radius 2 is 2.39 bits per heavy atom. The first kappa shape index (κ1) is 13.1. The van der Waals surface area contributed by atoms with Crippen molar-refractivity contribution in [2.75, 3.05) is 13.1 Å². The minimum absolute atomic E-state index is 0.267. The molecule has 0 bridgehead atoms. The van der Waals surface area contributed by atoms with Crippen LogP contribution >= 0.6 is 15.9 Å². The highest BCUT2D eigenvalue weighted by atomic mass is 79.9. The van der Waals surface area contributed by atoms with E-state index < -0.39 is 0 Å². The summed E-state index contributed by atoms with van der Waals surface area (Å²) in [5.74, 6) is 0.227. The second-order valence-corrected chi connectivity index (χ2v) is 5.33. The molecule has 1 aliphatic heterocycles. The Bertz CT molecular complexity index is 515. The molecule has 0 saturated carbocycles. The van der Waals surface area contributed by atoms with Crippen LogP contribution in [0.15, 0.2) is 40.3 Å². The second-order valence-electron chi connectivity index (χ2n) is 4.47. The van der Waals surface area contributed by atoms with Gasteiger partial charge in [0.05, 0.1) is 12.1 Å². The summed E-state index contributed by atoms with van der Waals surface area (Å²) in [4.78, 5) is 6.26. The van der Waals surface area contributed by atoms with E-state index in [1.165, 1.54) is 12.1 Å². The molecule has 1 aromatic carbocycles. The van der Waals surface area contributed by atoms with E-state index in [2.05, 4.69) is 27.5 Å². The molecule has 5 heteroatoms. The number of benzene rings is 1. The Morgan fingerprint density at radius 3 is 3.00 bits per heavy atom. The number of guanidine groups is 1. The molecule has 1 atom stereocenters. The van der Waals surface area contributed by atoms with Crippen molar-refractivity contribution in [2.24, 2.45) is 10.7 Å². The largest absolute Gasteiger partial charge is 0.370 e. The number of hydrogen-bond donors (Lipinski definition) is 1. The molecule has 1 aliphatic rings. The Kier molecular flexibility index (Phi) is 3.43. The summed E-state index contributed by atoms with van der Waals surface area (Å²) >= 11 is 3.41. The van der Waals surface area contributed by atoms with E-state index in [1.807, 2.05) is 11.8 Å². The minimum atomic E-state index is -0.370. The number of rotatable bonds is 3. The van der Waals surface area contributed by atoms with E-state index in [0.717, 1.165) is 10.0 Å². The van der Waals surface area contributed by atoms with Crippen LogP contribution in [0.5, 0.6) is 0 Å². The zero-order chi connectivity index (χ0) is 13.3. The molecule has 18 heavy (non-hydrogen) atoms. The number of aliphatic imine (C=N–C) groups is 1. The van der Waals surface area contributed by atoms with Crippen LogP contribution in [0.3, 0.4) is 0 Å². The highest BCUT2D eigenvalue weighted by Gasteiger charge is 2.40. The van der Waals surface area contributed by atoms with Gasteiger partial charge in [0.15, 0.2) is 5.96 Å². The van der Waals surface area contributed by atoms with Crippen molar-refractivity contribution in [1.29, 1.82) is 0 Å². The van der Waals surface area contributed by atoms with Crippen molar-refractivity contribution in [3.8, 4) is 0 Å². The third-order valence-corrected chi connectivity index (χ3v) is 3.90. The lowest BCUT2D eigenvalue weighted by Crippen LogP contribution is -2.47. The zero-order valence-electron chi connectivity index (χ0n) is 10.2. The van der Waals surface area contributed by atoms with Crippen LogP contribution < -0.4 is 5.73 Å². The quantitative estimate of drug-likeness (QED) is 0.872. The number of nitrogens with zero attached hydrogens (tertiary/aromatic N) is 2. The van der Waals surface area contributed by atoms with Gasteiger partial charge in [-0.05, 0) is 24.6 Å². The summed E-state index contributed by atoms with van der Waals surface area (Å²) in [5.41, 5.74) is 6.49. The van der Waals surface area contributed by atoms with Crippen molar-refractivity contribution in [3.05, 3.63) is 46.7 Å². The van der Waals surface area contributed by atoms with Crippen molar-refractivity contribution in [1.82, 2.24) is 4.90 Å². The Balaban J connectivity index is 2.45. The first-order valence-corrected chi connectivity index (χ1v) is 6.42. The minimum Gasteiger partial charge on any atom is -0.370 e. The fourth-order valence-corrected chi connectivity index (χ4v) is 3.02. The van der Waals surface area contributed by atoms with E-state index in [9.17, 15) is 4.39 Å². The van der Waals surface area contributed by atoms with Gasteiger partial charge in [0.1, 0.15) is 5.82 Å². The van der Waals surface area contributed by atoms with Crippen molar-refractivity contribution < 1.29 is 4.39 Å². The SMILES string of the molecule is C=CCN1C(N)=NCC1(C)c1ccc(F)cc1Br. The predicted molar refractivity (Wildman–Crippen MR) is 74.8 cm³/mol. The average molecular weight is 312 g/mol. The van der Waals surface area contributed by atoms with E-state index in [0.29, 0.717) is 19.0 Å². The summed E-state index contributed by atoms with van der Waals surface area (Å²) in [6.07, 6.45) is 1.78. The third-order valence-electron chi connectivity index (χ3n) is 3.24. The van der Waals surface area contributed by atoms with Gasteiger partial charge in [-0.15, -0.1) is 6.58 Å². The molecule has 0 aromatic heterocycles. The van der Waals surface area contributed by atoms with E-state index in [1.54, 1.807) is 12.1 Å². The van der Waals surface area contributed by atoms with E-state index >= 15 is 0 Å². The topological polar surface area (TPSA) is 41.6 Å². The highest BCUT2D eigenvalue weighted by molar-refractivity contribution is 9.10. The van der Waals surface area contributed by atoms with Gasteiger partial charge >= 0.3 is 0 Å². The molecule has 1 unspecified atom stereocenters. The molecule has 2 rings (SSSR count). The summed E-state index contributed by atoms with van der Waals surface area (Å²) in [6, 6.07) is 4.68. The molecular weight excluding hydrogens is 297 g/mol. The summed E-state index contributed by atoms with van der Waals surface area (Å²) in [5, 5.41) is 0. The third kappa shape index (κ3) is 2.03. The summed E-state index contributed by atoms with van der Waals surface area (Å²) in [6.45, 7) is 6.93. The zero-order valence-corrected chi connectivity index (χ0v) is 11.7. The normalized spacial score (nSPS) is 23.1. The van der Waals surface area contributed by atoms with Crippen LogP contribution in [0, 0.1) is 5.82 Å². The Morgan fingerprint density at radius 1 is 1.67 bits per heavy atom. The molecule has 0 aliphatic carbocycles. The molecule has 0 amide bonds. The molecule has 0 spiro atoms. The van der Waals surface area contributed by atoms with Gasteiger partial charge in [-0.3, -0.25) is 4.99 Å². The molecule has 2 N–H and O–H groups in total. The van der Waals surface area contributed by atoms with Crippen LogP contribution in [-0.4, -0.2) is 23.9 Å². The maximum atomic E-state index is 13.2. The van der Waals surface area contributed by atoms with Gasteiger partial charge in [0.2, 0.25) is 0 Å². The monoisotopic (exact) mass is 311 g/mol. The Labute approximate surface area is 114 Å². The van der Waals surface area contributed by atoms with E-state index in [-0.39, 0.29) is 11.4 Å². The van der Waals surface area contributed by atoms with Crippen LogP contribution in [0.2, 0.25) is 0 Å². The lowest BCUT2D eigenvalue weighted by molar-refractivity contribution is 0.243. The number of hydrogen-bond acceptors (Lipinski definition) is 3. The van der Waals surface area contributed by atoms with Crippen molar-refractivity contribution >= 4 is 21.9 Å². The molecule has 1 heterocycles. The number of halogens is 2. The number of nitrogens with two attached hydrogens (primary N) is 1. The maximum Gasteiger partial charge on any atom is 0.192 e. The van der Waals surface area contributed by atoms with Gasteiger partial charge in [-0.1, -0.05) is 28.1 Å². The fourth-order valence-electron chi connectivity index (χ4n) is 2.24. The first-order valence-electron chi connectivity index (χ1n) is 5.63. The maximum absolute atomic E-state index is 13.2. The molecule has 1 aromatic rings. The van der Waals surface area contributed by atoms with Crippen molar-refractivity contribution in [3.63, 3.8) is 0 Å². The molecule has 3 nitrogen and oxygen atoms in total. The lowest BCUT2D eigenvalue weighted by atomic mass is 9.91. The lowest BCUT2D eigenvalue weighted by Gasteiger charge is -2.36. The molecule has 96 valence electrons. The van der Waals surface area contributed by atoms with Gasteiger partial charge < -0.3 is 10.6 Å². The van der Waals surface area contributed by atoms with Gasteiger partial charge in [-0.2, -0.15) is 0 Å². The Hall–Kier alpha value is -1.36.